The minimum absolute atomic E-state index is 0.157. The summed E-state index contributed by atoms with van der Waals surface area (Å²) in [5.74, 6) is -0.495. The summed E-state index contributed by atoms with van der Waals surface area (Å²) in [6.07, 6.45) is 4.35. The second-order valence-corrected chi connectivity index (χ2v) is 6.03. The Labute approximate surface area is 121 Å². The van der Waals surface area contributed by atoms with Gasteiger partial charge in [0.1, 0.15) is 0 Å². The molecule has 2 N–H and O–H groups in total. The smallest absolute Gasteiger partial charge is 0.306 e. The lowest BCUT2D eigenvalue weighted by molar-refractivity contribution is -0.144. The van der Waals surface area contributed by atoms with E-state index in [0.717, 1.165) is 58.6 Å². The van der Waals surface area contributed by atoms with Gasteiger partial charge < -0.3 is 15.2 Å². The predicted molar refractivity (Wildman–Crippen MR) is 77.8 cm³/mol. The molecule has 116 valence electrons. The van der Waals surface area contributed by atoms with Crippen LogP contribution >= 0.6 is 0 Å². The van der Waals surface area contributed by atoms with Gasteiger partial charge in [0.25, 0.3) is 0 Å². The number of carbonyl (C=O) groups is 1. The zero-order chi connectivity index (χ0) is 14.4. The fourth-order valence-electron chi connectivity index (χ4n) is 3.40. The summed E-state index contributed by atoms with van der Waals surface area (Å²) in [7, 11) is 0. The molecule has 2 fully saturated rings. The van der Waals surface area contributed by atoms with Crippen molar-refractivity contribution < 1.29 is 14.6 Å². The first-order valence-corrected chi connectivity index (χ1v) is 7.98. The van der Waals surface area contributed by atoms with Crippen molar-refractivity contribution in [1.29, 1.82) is 0 Å². The van der Waals surface area contributed by atoms with Crippen LogP contribution in [0.2, 0.25) is 0 Å². The maximum absolute atomic E-state index is 11.3. The Morgan fingerprint density at radius 1 is 1.35 bits per heavy atom. The molecule has 2 aliphatic rings. The van der Waals surface area contributed by atoms with Crippen molar-refractivity contribution in [3.05, 3.63) is 0 Å². The first-order valence-electron chi connectivity index (χ1n) is 7.98. The van der Waals surface area contributed by atoms with Crippen LogP contribution in [0.5, 0.6) is 0 Å². The van der Waals surface area contributed by atoms with E-state index >= 15 is 0 Å². The third-order valence-electron chi connectivity index (χ3n) is 4.67. The van der Waals surface area contributed by atoms with Gasteiger partial charge in [-0.15, -0.1) is 0 Å². The van der Waals surface area contributed by atoms with E-state index in [0.29, 0.717) is 0 Å². The number of carboxylic acid groups (broad SMARTS) is 1. The Kier molecular flexibility index (Phi) is 6.26. The van der Waals surface area contributed by atoms with Gasteiger partial charge in [-0.2, -0.15) is 0 Å². The lowest BCUT2D eigenvalue weighted by Crippen LogP contribution is -2.47. The van der Waals surface area contributed by atoms with Gasteiger partial charge in [0.2, 0.25) is 0 Å². The molecule has 0 amide bonds. The van der Waals surface area contributed by atoms with E-state index in [4.69, 9.17) is 4.74 Å². The maximum Gasteiger partial charge on any atom is 0.306 e. The van der Waals surface area contributed by atoms with E-state index in [2.05, 4.69) is 17.1 Å². The van der Waals surface area contributed by atoms with E-state index in [1.165, 1.54) is 6.42 Å². The maximum atomic E-state index is 11.3. The molecule has 20 heavy (non-hydrogen) atoms. The van der Waals surface area contributed by atoms with Crippen LogP contribution in [0.3, 0.4) is 0 Å². The molecule has 5 heteroatoms. The van der Waals surface area contributed by atoms with E-state index < -0.39 is 5.97 Å². The summed E-state index contributed by atoms with van der Waals surface area (Å²) < 4.78 is 5.75. The fourth-order valence-corrected chi connectivity index (χ4v) is 3.40. The van der Waals surface area contributed by atoms with Gasteiger partial charge in [0.15, 0.2) is 0 Å². The van der Waals surface area contributed by atoms with E-state index in [1.807, 2.05) is 0 Å². The SMILES string of the molecule is CCN1CCOC(CNCC2CCCCC2C(=O)O)C1. The third-order valence-corrected chi connectivity index (χ3v) is 4.67. The molecule has 3 unspecified atom stereocenters. The number of nitrogens with one attached hydrogen (secondary N) is 1. The highest BCUT2D eigenvalue weighted by atomic mass is 16.5. The summed E-state index contributed by atoms with van der Waals surface area (Å²) in [6, 6.07) is 0. The summed E-state index contributed by atoms with van der Waals surface area (Å²) >= 11 is 0. The van der Waals surface area contributed by atoms with Gasteiger partial charge in [-0.1, -0.05) is 19.8 Å². The van der Waals surface area contributed by atoms with E-state index in [-0.39, 0.29) is 17.9 Å². The van der Waals surface area contributed by atoms with Gasteiger partial charge in [-0.3, -0.25) is 9.69 Å². The summed E-state index contributed by atoms with van der Waals surface area (Å²) in [6.45, 7) is 7.70. The highest BCUT2D eigenvalue weighted by Crippen LogP contribution is 2.29. The molecule has 1 saturated carbocycles. The van der Waals surface area contributed by atoms with Crippen LogP contribution in [0.4, 0.5) is 0 Å². The molecular formula is C15H28N2O3. The van der Waals surface area contributed by atoms with Gasteiger partial charge >= 0.3 is 5.97 Å². The Hall–Kier alpha value is -0.650. The lowest BCUT2D eigenvalue weighted by Gasteiger charge is -2.33. The molecule has 0 spiro atoms. The van der Waals surface area contributed by atoms with Gasteiger partial charge in [0, 0.05) is 19.6 Å². The Morgan fingerprint density at radius 3 is 2.90 bits per heavy atom. The largest absolute Gasteiger partial charge is 0.481 e. The van der Waals surface area contributed by atoms with E-state index in [9.17, 15) is 9.90 Å². The number of hydrogen-bond donors (Lipinski definition) is 2. The Balaban J connectivity index is 1.70. The average molecular weight is 284 g/mol. The summed E-state index contributed by atoms with van der Waals surface area (Å²) in [4.78, 5) is 13.7. The number of carboxylic acids is 1. The van der Waals surface area contributed by atoms with Crippen LogP contribution in [0.25, 0.3) is 0 Å². The molecule has 0 aromatic rings. The van der Waals surface area contributed by atoms with Crippen LogP contribution in [-0.4, -0.2) is 61.4 Å². The van der Waals surface area contributed by atoms with Crippen LogP contribution in [-0.2, 0) is 9.53 Å². The molecular weight excluding hydrogens is 256 g/mol. The lowest BCUT2D eigenvalue weighted by atomic mass is 9.79. The highest BCUT2D eigenvalue weighted by Gasteiger charge is 2.30. The zero-order valence-corrected chi connectivity index (χ0v) is 12.5. The molecule has 2 rings (SSSR count). The minimum atomic E-state index is -0.623. The molecule has 1 aliphatic heterocycles. The number of nitrogens with zero attached hydrogens (tertiary/aromatic N) is 1. The number of aliphatic carboxylic acids is 1. The van der Waals surface area contributed by atoms with Crippen LogP contribution in [0.1, 0.15) is 32.6 Å². The van der Waals surface area contributed by atoms with Crippen LogP contribution < -0.4 is 5.32 Å². The molecule has 1 aliphatic carbocycles. The minimum Gasteiger partial charge on any atom is -0.481 e. The molecule has 3 atom stereocenters. The molecule has 0 bridgehead atoms. The predicted octanol–water partition coefficient (Wildman–Crippen LogP) is 1.19. The summed E-state index contributed by atoms with van der Waals surface area (Å²) in [5, 5.41) is 12.7. The zero-order valence-electron chi connectivity index (χ0n) is 12.5. The highest BCUT2D eigenvalue weighted by molar-refractivity contribution is 5.70. The van der Waals surface area contributed by atoms with Crippen LogP contribution in [0.15, 0.2) is 0 Å². The number of hydrogen-bond acceptors (Lipinski definition) is 4. The molecule has 0 aromatic carbocycles. The monoisotopic (exact) mass is 284 g/mol. The average Bonchev–Trinajstić information content (AvgIpc) is 2.48. The molecule has 5 nitrogen and oxygen atoms in total. The van der Waals surface area contributed by atoms with Crippen molar-refractivity contribution in [3.63, 3.8) is 0 Å². The normalized spacial score (nSPS) is 32.1. The molecule has 0 radical (unpaired) electrons. The first kappa shape index (κ1) is 15.7. The standard InChI is InChI=1S/C15H28N2O3/c1-2-17-7-8-20-13(11-17)10-16-9-12-5-3-4-6-14(12)15(18)19/h12-14,16H,2-11H2,1H3,(H,18,19). The number of morpholine rings is 1. The van der Waals surface area contributed by atoms with Gasteiger partial charge in [-0.05, 0) is 31.8 Å². The van der Waals surface area contributed by atoms with E-state index in [1.54, 1.807) is 0 Å². The van der Waals surface area contributed by atoms with Gasteiger partial charge in [-0.25, -0.2) is 0 Å². The molecule has 1 heterocycles. The second-order valence-electron chi connectivity index (χ2n) is 6.03. The van der Waals surface area contributed by atoms with Crippen molar-refractivity contribution in [2.75, 3.05) is 39.3 Å². The number of ether oxygens (including phenoxy) is 1. The van der Waals surface area contributed by atoms with Crippen molar-refractivity contribution in [3.8, 4) is 0 Å². The van der Waals surface area contributed by atoms with Crippen molar-refractivity contribution in [2.24, 2.45) is 11.8 Å². The second kappa shape index (κ2) is 7.96. The Bertz CT molecular complexity index is 311. The number of rotatable bonds is 6. The Morgan fingerprint density at radius 2 is 2.15 bits per heavy atom. The fraction of sp³-hybridized carbons (Fsp3) is 0.933. The molecule has 0 aromatic heterocycles. The van der Waals surface area contributed by atoms with Gasteiger partial charge in [0.05, 0.1) is 18.6 Å². The van der Waals surface area contributed by atoms with Crippen LogP contribution in [0, 0.1) is 11.8 Å². The molecule has 1 saturated heterocycles. The van der Waals surface area contributed by atoms with Crippen molar-refractivity contribution in [1.82, 2.24) is 10.2 Å². The van der Waals surface area contributed by atoms with Crippen molar-refractivity contribution in [2.45, 2.75) is 38.7 Å². The number of likely N-dealkylation sites (N-methyl/N-ethyl adjacent to an activating group) is 1. The first-order chi connectivity index (χ1) is 9.70. The van der Waals surface area contributed by atoms with Crippen molar-refractivity contribution >= 4 is 5.97 Å². The third kappa shape index (κ3) is 4.43. The topological polar surface area (TPSA) is 61.8 Å². The summed E-state index contributed by atoms with van der Waals surface area (Å²) in [5.41, 5.74) is 0. The quantitative estimate of drug-likeness (QED) is 0.767.